The summed E-state index contributed by atoms with van der Waals surface area (Å²) in [5, 5.41) is 21.0. The predicted octanol–water partition coefficient (Wildman–Crippen LogP) is 3.41. The number of benzene rings is 2. The average molecular weight is 530 g/mol. The number of phenols is 1. The Morgan fingerprint density at radius 3 is 1.97 bits per heavy atom. The van der Waals surface area contributed by atoms with Crippen LogP contribution in [0.4, 0.5) is 19.1 Å². The fraction of sp³-hybridized carbons (Fsp3) is 0.304. The Kier molecular flexibility index (Phi) is 9.43. The average Bonchev–Trinajstić information content (AvgIpc) is 3.25. The summed E-state index contributed by atoms with van der Waals surface area (Å²) in [7, 11) is 5.85. The van der Waals surface area contributed by atoms with Gasteiger partial charge in [0.25, 0.3) is 0 Å². The number of aliphatic carboxylic acids is 1. The first kappa shape index (κ1) is 28.9. The van der Waals surface area contributed by atoms with Crippen molar-refractivity contribution in [1.82, 2.24) is 0 Å². The molecule has 0 radical (unpaired) electrons. The molecular weight excluding hydrogens is 505 g/mol. The van der Waals surface area contributed by atoms with Crippen LogP contribution in [0.5, 0.6) is 28.7 Å². The van der Waals surface area contributed by atoms with E-state index in [9.17, 15) is 23.1 Å². The van der Waals surface area contributed by atoms with Gasteiger partial charge in [-0.2, -0.15) is 13.2 Å². The number of carbonyl (C=O) groups is 2. The maximum absolute atomic E-state index is 13.5. The standard InChI is InChI=1S/C21H24N2O7.C2HF3O2/c1-26-13-6-5-12-16(21(23-8-7-22)30-19(12)18(13)25)17(24)11-9-14(27-2)20(29-4)15(10-11)28-3;3-2(4,5)1(6)7/h5-6,9-10,23,25H,7-8,22H2,1-4H3;(H,6,7). The molecule has 0 unspecified atom stereocenters. The highest BCUT2D eigenvalue weighted by Gasteiger charge is 2.38. The van der Waals surface area contributed by atoms with Gasteiger partial charge < -0.3 is 44.6 Å². The van der Waals surface area contributed by atoms with Crippen molar-refractivity contribution >= 4 is 28.6 Å². The molecule has 0 aliphatic heterocycles. The molecule has 0 aliphatic carbocycles. The van der Waals surface area contributed by atoms with E-state index in [1.54, 1.807) is 24.3 Å². The highest BCUT2D eigenvalue weighted by atomic mass is 19.4. The molecule has 202 valence electrons. The molecule has 0 saturated carbocycles. The van der Waals surface area contributed by atoms with Gasteiger partial charge >= 0.3 is 12.1 Å². The number of aromatic hydroxyl groups is 1. The molecule has 0 bridgehead atoms. The summed E-state index contributed by atoms with van der Waals surface area (Å²) < 4.78 is 58.7. The quantitative estimate of drug-likeness (QED) is 0.300. The second kappa shape index (κ2) is 12.1. The van der Waals surface area contributed by atoms with Crippen molar-refractivity contribution in [3.05, 3.63) is 35.4 Å². The Balaban J connectivity index is 0.000000604. The summed E-state index contributed by atoms with van der Waals surface area (Å²) in [6, 6.07) is 6.32. The van der Waals surface area contributed by atoms with Gasteiger partial charge in [0, 0.05) is 24.0 Å². The first-order valence-corrected chi connectivity index (χ1v) is 10.4. The van der Waals surface area contributed by atoms with Crippen LogP contribution in [0.3, 0.4) is 0 Å². The highest BCUT2D eigenvalue weighted by molar-refractivity contribution is 6.20. The van der Waals surface area contributed by atoms with Gasteiger partial charge in [0.2, 0.25) is 17.4 Å². The van der Waals surface area contributed by atoms with Gasteiger partial charge in [0.15, 0.2) is 28.6 Å². The van der Waals surface area contributed by atoms with Crippen molar-refractivity contribution < 1.29 is 56.3 Å². The molecule has 0 spiro atoms. The Morgan fingerprint density at radius 2 is 1.54 bits per heavy atom. The number of hydrogen-bond acceptors (Lipinski definition) is 10. The molecule has 0 aliphatic rings. The van der Waals surface area contributed by atoms with Gasteiger partial charge in [-0.3, -0.25) is 4.79 Å². The first-order chi connectivity index (χ1) is 17.4. The van der Waals surface area contributed by atoms with E-state index in [0.717, 1.165) is 0 Å². The van der Waals surface area contributed by atoms with E-state index in [0.29, 0.717) is 41.3 Å². The van der Waals surface area contributed by atoms with Crippen LogP contribution >= 0.6 is 0 Å². The third-order valence-corrected chi connectivity index (χ3v) is 4.84. The summed E-state index contributed by atoms with van der Waals surface area (Å²) in [5.74, 6) is -1.84. The highest BCUT2D eigenvalue weighted by Crippen LogP contribution is 2.43. The molecule has 3 aromatic rings. The van der Waals surface area contributed by atoms with Crippen LogP contribution in [0.25, 0.3) is 11.0 Å². The number of carboxylic acid groups (broad SMARTS) is 1. The maximum atomic E-state index is 13.5. The van der Waals surface area contributed by atoms with Gasteiger partial charge in [0.1, 0.15) is 0 Å². The fourth-order valence-electron chi connectivity index (χ4n) is 3.19. The number of hydrogen-bond donors (Lipinski definition) is 4. The van der Waals surface area contributed by atoms with Crippen molar-refractivity contribution in [3.8, 4) is 28.7 Å². The van der Waals surface area contributed by atoms with Crippen LogP contribution in [-0.2, 0) is 4.79 Å². The second-order valence-electron chi connectivity index (χ2n) is 7.06. The molecule has 11 nitrogen and oxygen atoms in total. The molecule has 0 saturated heterocycles. The first-order valence-electron chi connectivity index (χ1n) is 10.4. The number of ether oxygens (including phenoxy) is 4. The number of furan rings is 1. The second-order valence-corrected chi connectivity index (χ2v) is 7.06. The minimum absolute atomic E-state index is 0.129. The molecule has 2 aromatic carbocycles. The number of halogens is 3. The number of methoxy groups -OCH3 is 4. The smallest absolute Gasteiger partial charge is 0.490 e. The summed E-state index contributed by atoms with van der Waals surface area (Å²) in [5.41, 5.74) is 6.25. The number of alkyl halides is 3. The normalized spacial score (nSPS) is 10.8. The molecule has 5 N–H and O–H groups in total. The SMILES string of the molecule is COc1cc(C(=O)c2c(NCCN)oc3c(O)c(OC)ccc23)cc(OC)c1OC.O=C(O)C(F)(F)F. The van der Waals surface area contributed by atoms with E-state index in [1.807, 2.05) is 0 Å². The molecule has 0 atom stereocenters. The van der Waals surface area contributed by atoms with Crippen LogP contribution in [-0.4, -0.2) is 69.7 Å². The Bertz CT molecular complexity index is 1250. The summed E-state index contributed by atoms with van der Waals surface area (Å²) in [6.45, 7) is 0.692. The molecule has 3 rings (SSSR count). The lowest BCUT2D eigenvalue weighted by Gasteiger charge is -2.14. The number of fused-ring (bicyclic) bond motifs is 1. The van der Waals surface area contributed by atoms with E-state index >= 15 is 0 Å². The Hall–Kier alpha value is -4.33. The third-order valence-electron chi connectivity index (χ3n) is 4.84. The van der Waals surface area contributed by atoms with Crippen LogP contribution < -0.4 is 30.0 Å². The van der Waals surface area contributed by atoms with E-state index in [-0.39, 0.29) is 34.3 Å². The number of ketones is 1. The lowest BCUT2D eigenvalue weighted by molar-refractivity contribution is -0.192. The topological polar surface area (TPSA) is 163 Å². The largest absolute Gasteiger partial charge is 0.502 e. The molecular formula is C23H25F3N2O9. The number of nitrogens with two attached hydrogens (primary N) is 1. The Morgan fingerprint density at radius 1 is 1.00 bits per heavy atom. The summed E-state index contributed by atoms with van der Waals surface area (Å²) in [6.07, 6.45) is -5.08. The molecule has 1 aromatic heterocycles. The van der Waals surface area contributed by atoms with E-state index in [1.165, 1.54) is 28.4 Å². The monoisotopic (exact) mass is 530 g/mol. The van der Waals surface area contributed by atoms with Crippen LogP contribution in [0.1, 0.15) is 15.9 Å². The molecule has 0 fully saturated rings. The van der Waals surface area contributed by atoms with Crippen LogP contribution in [0.15, 0.2) is 28.7 Å². The lowest BCUT2D eigenvalue weighted by atomic mass is 10.0. The van der Waals surface area contributed by atoms with Crippen LogP contribution in [0, 0.1) is 0 Å². The van der Waals surface area contributed by atoms with Crippen molar-refractivity contribution in [3.63, 3.8) is 0 Å². The van der Waals surface area contributed by atoms with E-state index < -0.39 is 12.1 Å². The zero-order valence-electron chi connectivity index (χ0n) is 20.2. The third kappa shape index (κ3) is 6.27. The fourth-order valence-corrected chi connectivity index (χ4v) is 3.19. The number of phenolic OH excluding ortho intramolecular Hbond substituents is 1. The van der Waals surface area contributed by atoms with Crippen molar-refractivity contribution in [2.75, 3.05) is 46.8 Å². The molecule has 37 heavy (non-hydrogen) atoms. The molecule has 14 heteroatoms. The zero-order chi connectivity index (χ0) is 27.9. The number of rotatable bonds is 9. The maximum Gasteiger partial charge on any atom is 0.490 e. The number of anilines is 1. The van der Waals surface area contributed by atoms with E-state index in [2.05, 4.69) is 5.32 Å². The zero-order valence-corrected chi connectivity index (χ0v) is 20.2. The van der Waals surface area contributed by atoms with Crippen molar-refractivity contribution in [2.24, 2.45) is 5.73 Å². The van der Waals surface area contributed by atoms with Crippen molar-refractivity contribution in [1.29, 1.82) is 0 Å². The van der Waals surface area contributed by atoms with Gasteiger partial charge in [0.05, 0.1) is 34.0 Å². The lowest BCUT2D eigenvalue weighted by Crippen LogP contribution is -2.21. The van der Waals surface area contributed by atoms with Gasteiger partial charge in [-0.1, -0.05) is 0 Å². The molecule has 0 amide bonds. The number of carbonyl (C=O) groups excluding carboxylic acids is 1. The van der Waals surface area contributed by atoms with Gasteiger partial charge in [-0.15, -0.1) is 0 Å². The van der Waals surface area contributed by atoms with Gasteiger partial charge in [-0.05, 0) is 24.3 Å². The minimum Gasteiger partial charge on any atom is -0.502 e. The predicted molar refractivity (Wildman–Crippen MR) is 125 cm³/mol. The minimum atomic E-state index is -5.08. The van der Waals surface area contributed by atoms with Gasteiger partial charge in [-0.25, -0.2) is 4.79 Å². The van der Waals surface area contributed by atoms with Crippen LogP contribution in [0.2, 0.25) is 0 Å². The van der Waals surface area contributed by atoms with E-state index in [4.69, 9.17) is 39.0 Å². The molecule has 1 heterocycles. The Labute approximate surface area is 208 Å². The number of carboxylic acids is 1. The summed E-state index contributed by atoms with van der Waals surface area (Å²) >= 11 is 0. The summed E-state index contributed by atoms with van der Waals surface area (Å²) in [4.78, 5) is 22.4. The number of nitrogens with one attached hydrogen (secondary N) is 1. The van der Waals surface area contributed by atoms with Crippen molar-refractivity contribution in [2.45, 2.75) is 6.18 Å².